The number of methoxy groups -OCH3 is 1. The zero-order chi connectivity index (χ0) is 15.0. The SMILES string of the molecule is COc1ccc(C2(CO)OC(C(F)(F)F)=CC2=O)cc1. The first-order valence-electron chi connectivity index (χ1n) is 5.61. The molecular formula is C13H11F3O4. The van der Waals surface area contributed by atoms with Gasteiger partial charge in [-0.2, -0.15) is 13.2 Å². The van der Waals surface area contributed by atoms with Crippen molar-refractivity contribution in [3.05, 3.63) is 41.7 Å². The Kier molecular flexibility index (Phi) is 3.47. The van der Waals surface area contributed by atoms with Gasteiger partial charge in [0, 0.05) is 11.6 Å². The molecule has 7 heteroatoms. The molecule has 1 aliphatic rings. The highest BCUT2D eigenvalue weighted by molar-refractivity contribution is 6.00. The predicted octanol–water partition coefficient (Wildman–Crippen LogP) is 1.93. The molecule has 0 saturated carbocycles. The van der Waals surface area contributed by atoms with E-state index in [-0.39, 0.29) is 5.56 Å². The van der Waals surface area contributed by atoms with Crippen molar-refractivity contribution in [1.82, 2.24) is 0 Å². The van der Waals surface area contributed by atoms with Crippen molar-refractivity contribution in [1.29, 1.82) is 0 Å². The molecule has 0 bridgehead atoms. The monoisotopic (exact) mass is 288 g/mol. The maximum atomic E-state index is 12.6. The lowest BCUT2D eigenvalue weighted by atomic mass is 9.91. The Morgan fingerprint density at radius 1 is 1.30 bits per heavy atom. The van der Waals surface area contributed by atoms with E-state index < -0.39 is 29.9 Å². The van der Waals surface area contributed by atoms with Crippen molar-refractivity contribution in [3.8, 4) is 5.75 Å². The molecule has 0 saturated heterocycles. The summed E-state index contributed by atoms with van der Waals surface area (Å²) in [5.74, 6) is -1.89. The number of rotatable bonds is 3. The van der Waals surface area contributed by atoms with Gasteiger partial charge in [-0.1, -0.05) is 12.1 Å². The largest absolute Gasteiger partial charge is 0.497 e. The van der Waals surface area contributed by atoms with Crippen LogP contribution in [0.1, 0.15) is 5.56 Å². The zero-order valence-corrected chi connectivity index (χ0v) is 10.4. The number of ether oxygens (including phenoxy) is 2. The van der Waals surface area contributed by atoms with Gasteiger partial charge in [0.2, 0.25) is 17.1 Å². The Morgan fingerprint density at radius 2 is 1.90 bits per heavy atom. The third kappa shape index (κ3) is 2.24. The minimum absolute atomic E-state index is 0.126. The predicted molar refractivity (Wildman–Crippen MR) is 62.0 cm³/mol. The molecule has 2 rings (SSSR count). The summed E-state index contributed by atoms with van der Waals surface area (Å²) in [4.78, 5) is 11.8. The van der Waals surface area contributed by atoms with E-state index in [1.807, 2.05) is 0 Å². The van der Waals surface area contributed by atoms with Crippen LogP contribution in [0, 0.1) is 0 Å². The normalized spacial score (nSPS) is 22.4. The second-order valence-electron chi connectivity index (χ2n) is 4.19. The molecule has 0 aromatic heterocycles. The average molecular weight is 288 g/mol. The van der Waals surface area contributed by atoms with E-state index >= 15 is 0 Å². The van der Waals surface area contributed by atoms with Gasteiger partial charge in [0.05, 0.1) is 13.7 Å². The van der Waals surface area contributed by atoms with Gasteiger partial charge in [-0.15, -0.1) is 0 Å². The van der Waals surface area contributed by atoms with Gasteiger partial charge in [-0.25, -0.2) is 0 Å². The molecule has 0 fully saturated rings. The molecule has 108 valence electrons. The molecule has 1 atom stereocenters. The second-order valence-corrected chi connectivity index (χ2v) is 4.19. The highest BCUT2D eigenvalue weighted by atomic mass is 19.4. The van der Waals surface area contributed by atoms with Crippen LogP contribution < -0.4 is 4.74 Å². The van der Waals surface area contributed by atoms with Crippen LogP contribution in [0.2, 0.25) is 0 Å². The number of carbonyl (C=O) groups is 1. The average Bonchev–Trinajstić information content (AvgIpc) is 2.77. The molecule has 20 heavy (non-hydrogen) atoms. The topological polar surface area (TPSA) is 55.8 Å². The molecule has 1 unspecified atom stereocenters. The van der Waals surface area contributed by atoms with Crippen molar-refractivity contribution in [3.63, 3.8) is 0 Å². The summed E-state index contributed by atoms with van der Waals surface area (Å²) < 4.78 is 47.5. The molecule has 0 radical (unpaired) electrons. The number of aliphatic hydroxyl groups excluding tert-OH is 1. The lowest BCUT2D eigenvalue weighted by molar-refractivity contribution is -0.162. The fraction of sp³-hybridized carbons (Fsp3) is 0.308. The zero-order valence-electron chi connectivity index (χ0n) is 10.4. The van der Waals surface area contributed by atoms with Gasteiger partial charge < -0.3 is 14.6 Å². The Hall–Kier alpha value is -2.02. The summed E-state index contributed by atoms with van der Waals surface area (Å²) in [6.07, 6.45) is -4.42. The molecular weight excluding hydrogens is 277 g/mol. The number of carbonyl (C=O) groups excluding carboxylic acids is 1. The summed E-state index contributed by atoms with van der Waals surface area (Å²) in [6.45, 7) is -0.895. The second kappa shape index (κ2) is 4.82. The smallest absolute Gasteiger partial charge is 0.449 e. The van der Waals surface area contributed by atoms with Crippen LogP contribution in [0.4, 0.5) is 13.2 Å². The molecule has 1 aromatic carbocycles. The third-order valence-corrected chi connectivity index (χ3v) is 3.00. The van der Waals surface area contributed by atoms with Crippen molar-refractivity contribution < 1.29 is 32.5 Å². The maximum absolute atomic E-state index is 12.6. The van der Waals surface area contributed by atoms with Gasteiger partial charge in [0.25, 0.3) is 0 Å². The number of hydrogen-bond donors (Lipinski definition) is 1. The van der Waals surface area contributed by atoms with Gasteiger partial charge in [0.15, 0.2) is 0 Å². The lowest BCUT2D eigenvalue weighted by Gasteiger charge is -2.27. The molecule has 1 aliphatic heterocycles. The summed E-state index contributed by atoms with van der Waals surface area (Å²) in [7, 11) is 1.43. The standard InChI is InChI=1S/C13H11F3O4/c1-19-9-4-2-8(3-5-9)12(7-17)10(18)6-11(20-12)13(14,15)16/h2-6,17H,7H2,1H3. The van der Waals surface area contributed by atoms with E-state index in [1.54, 1.807) is 0 Å². The van der Waals surface area contributed by atoms with Gasteiger partial charge in [0.1, 0.15) is 5.75 Å². The lowest BCUT2D eigenvalue weighted by Crippen LogP contribution is -2.38. The quantitative estimate of drug-likeness (QED) is 0.923. The fourth-order valence-electron chi connectivity index (χ4n) is 1.91. The van der Waals surface area contributed by atoms with Gasteiger partial charge in [-0.3, -0.25) is 4.79 Å². The maximum Gasteiger partial charge on any atom is 0.449 e. The van der Waals surface area contributed by atoms with Crippen molar-refractivity contribution in [2.24, 2.45) is 0 Å². The molecule has 4 nitrogen and oxygen atoms in total. The molecule has 1 heterocycles. The molecule has 1 N–H and O–H groups in total. The molecule has 0 amide bonds. The van der Waals surface area contributed by atoms with E-state index in [0.29, 0.717) is 11.8 Å². The number of alkyl halides is 3. The Balaban J connectivity index is 2.39. The molecule has 0 spiro atoms. The summed E-state index contributed by atoms with van der Waals surface area (Å²) in [5, 5.41) is 9.37. The summed E-state index contributed by atoms with van der Waals surface area (Å²) in [5.41, 5.74) is -1.92. The van der Waals surface area contributed by atoms with Crippen molar-refractivity contribution >= 4 is 5.78 Å². The highest BCUT2D eigenvalue weighted by Crippen LogP contribution is 2.41. The van der Waals surface area contributed by atoms with E-state index in [1.165, 1.54) is 31.4 Å². The third-order valence-electron chi connectivity index (χ3n) is 3.00. The van der Waals surface area contributed by atoms with Gasteiger partial charge in [-0.05, 0) is 12.1 Å². The van der Waals surface area contributed by atoms with Crippen molar-refractivity contribution in [2.75, 3.05) is 13.7 Å². The van der Waals surface area contributed by atoms with Crippen LogP contribution in [0.25, 0.3) is 0 Å². The van der Waals surface area contributed by atoms with Crippen LogP contribution in [-0.4, -0.2) is 30.8 Å². The first-order valence-corrected chi connectivity index (χ1v) is 5.61. The van der Waals surface area contributed by atoms with Crippen LogP contribution in [-0.2, 0) is 15.1 Å². The van der Waals surface area contributed by atoms with Crippen molar-refractivity contribution in [2.45, 2.75) is 11.8 Å². The van der Waals surface area contributed by atoms with Crippen LogP contribution in [0.3, 0.4) is 0 Å². The minimum Gasteiger partial charge on any atom is -0.497 e. The number of benzene rings is 1. The number of ketones is 1. The Bertz CT molecular complexity index is 548. The van der Waals surface area contributed by atoms with E-state index in [0.717, 1.165) is 0 Å². The fourth-order valence-corrected chi connectivity index (χ4v) is 1.91. The Labute approximate surface area is 112 Å². The number of hydrogen-bond acceptors (Lipinski definition) is 4. The highest BCUT2D eigenvalue weighted by Gasteiger charge is 2.52. The van der Waals surface area contributed by atoms with E-state index in [2.05, 4.69) is 0 Å². The molecule has 1 aromatic rings. The van der Waals surface area contributed by atoms with E-state index in [4.69, 9.17) is 9.47 Å². The summed E-state index contributed by atoms with van der Waals surface area (Å²) >= 11 is 0. The number of halogens is 3. The van der Waals surface area contributed by atoms with E-state index in [9.17, 15) is 23.1 Å². The number of allylic oxidation sites excluding steroid dienone is 1. The minimum atomic E-state index is -4.78. The Morgan fingerprint density at radius 3 is 2.30 bits per heavy atom. The summed E-state index contributed by atoms with van der Waals surface area (Å²) in [6, 6.07) is 5.68. The van der Waals surface area contributed by atoms with Gasteiger partial charge >= 0.3 is 6.18 Å². The van der Waals surface area contributed by atoms with Crippen LogP contribution in [0.15, 0.2) is 36.1 Å². The molecule has 0 aliphatic carbocycles. The first-order chi connectivity index (χ1) is 9.33. The van der Waals surface area contributed by atoms with Crippen LogP contribution >= 0.6 is 0 Å². The van der Waals surface area contributed by atoms with Crippen LogP contribution in [0.5, 0.6) is 5.75 Å². The number of aliphatic hydroxyl groups is 1. The first kappa shape index (κ1) is 14.4.